The molecule has 4 aromatic carbocycles. The van der Waals surface area contributed by atoms with E-state index < -0.39 is 34.3 Å². The third-order valence-electron chi connectivity index (χ3n) is 8.73. The molecule has 0 bridgehead atoms. The average molecular weight is 656 g/mol. The number of sulfonamides is 1. The fourth-order valence-corrected chi connectivity index (χ4v) is 7.60. The van der Waals surface area contributed by atoms with Crippen LogP contribution in [0, 0.1) is 19.7 Å². The molecule has 0 spiro atoms. The van der Waals surface area contributed by atoms with Crippen molar-refractivity contribution in [1.82, 2.24) is 10.2 Å². The minimum Gasteiger partial charge on any atom is -0.352 e. The van der Waals surface area contributed by atoms with Gasteiger partial charge in [-0.1, -0.05) is 92.1 Å². The summed E-state index contributed by atoms with van der Waals surface area (Å²) in [6.45, 7) is 3.12. The van der Waals surface area contributed by atoms with E-state index in [1.54, 1.807) is 43.3 Å². The molecule has 9 heteroatoms. The van der Waals surface area contributed by atoms with E-state index in [9.17, 15) is 22.4 Å². The van der Waals surface area contributed by atoms with Gasteiger partial charge in [0.2, 0.25) is 11.8 Å². The standard InChI is InChI=1S/C38H42FN3O4S/c1-28-18-19-29(2)35(24-28)42(47(45,46)34-16-10-5-11-17-34)27-37(43)41(26-31-20-22-32(39)23-21-31)36(25-30-12-6-3-7-13-30)38(44)40-33-14-8-4-9-15-33/h3,5-7,10-13,16-24,33,36H,4,8-9,14-15,25-27H2,1-2H3,(H,40,44)/t36-/m0/s1. The number of hydrogen-bond acceptors (Lipinski definition) is 4. The largest absolute Gasteiger partial charge is 0.352 e. The molecular formula is C38H42FN3O4S. The number of nitrogens with one attached hydrogen (secondary N) is 1. The predicted octanol–water partition coefficient (Wildman–Crippen LogP) is 6.73. The molecule has 1 aliphatic carbocycles. The van der Waals surface area contributed by atoms with Crippen LogP contribution in [0.4, 0.5) is 10.1 Å². The maximum atomic E-state index is 14.7. The summed E-state index contributed by atoms with van der Waals surface area (Å²) in [7, 11) is -4.19. The van der Waals surface area contributed by atoms with E-state index >= 15 is 0 Å². The Hall–Kier alpha value is -4.50. The first-order valence-corrected chi connectivity index (χ1v) is 17.6. The highest BCUT2D eigenvalue weighted by Gasteiger charge is 2.35. The van der Waals surface area contributed by atoms with E-state index in [2.05, 4.69) is 5.32 Å². The van der Waals surface area contributed by atoms with Gasteiger partial charge in [-0.25, -0.2) is 12.8 Å². The number of benzene rings is 4. The highest BCUT2D eigenvalue weighted by molar-refractivity contribution is 7.92. The fraction of sp³-hybridized carbons (Fsp3) is 0.316. The Morgan fingerprint density at radius 1 is 0.830 bits per heavy atom. The molecule has 1 saturated carbocycles. The van der Waals surface area contributed by atoms with Crippen LogP contribution in [0.5, 0.6) is 0 Å². The van der Waals surface area contributed by atoms with E-state index in [1.165, 1.54) is 29.2 Å². The number of hydrogen-bond donors (Lipinski definition) is 1. The molecule has 246 valence electrons. The van der Waals surface area contributed by atoms with Crippen LogP contribution in [-0.2, 0) is 32.6 Å². The molecule has 0 aromatic heterocycles. The lowest BCUT2D eigenvalue weighted by Gasteiger charge is -2.35. The van der Waals surface area contributed by atoms with Gasteiger partial charge in [-0.2, -0.15) is 0 Å². The lowest BCUT2D eigenvalue weighted by atomic mass is 9.94. The van der Waals surface area contributed by atoms with Crippen LogP contribution in [0.25, 0.3) is 0 Å². The van der Waals surface area contributed by atoms with Gasteiger partial charge in [-0.15, -0.1) is 0 Å². The van der Waals surface area contributed by atoms with Crippen LogP contribution in [-0.4, -0.2) is 43.8 Å². The van der Waals surface area contributed by atoms with E-state index in [4.69, 9.17) is 0 Å². The number of aryl methyl sites for hydroxylation is 2. The van der Waals surface area contributed by atoms with Gasteiger partial charge in [0.15, 0.2) is 0 Å². The summed E-state index contributed by atoms with van der Waals surface area (Å²) in [5.74, 6) is -1.26. The molecule has 0 unspecified atom stereocenters. The van der Waals surface area contributed by atoms with Gasteiger partial charge in [0.25, 0.3) is 10.0 Å². The first-order valence-electron chi connectivity index (χ1n) is 16.1. The molecule has 0 radical (unpaired) electrons. The first kappa shape index (κ1) is 33.9. The van der Waals surface area contributed by atoms with Crippen LogP contribution >= 0.6 is 0 Å². The number of anilines is 1. The van der Waals surface area contributed by atoms with E-state index in [0.717, 1.165) is 47.5 Å². The van der Waals surface area contributed by atoms with Gasteiger partial charge in [0.1, 0.15) is 18.4 Å². The normalized spacial score (nSPS) is 14.3. The van der Waals surface area contributed by atoms with Crippen molar-refractivity contribution in [1.29, 1.82) is 0 Å². The van der Waals surface area contributed by atoms with Gasteiger partial charge in [-0.05, 0) is 79.3 Å². The van der Waals surface area contributed by atoms with Crippen LogP contribution in [0.1, 0.15) is 54.4 Å². The number of rotatable bonds is 12. The third-order valence-corrected chi connectivity index (χ3v) is 10.5. The molecule has 2 amide bonds. The maximum Gasteiger partial charge on any atom is 0.264 e. The molecular weight excluding hydrogens is 614 g/mol. The Balaban J connectivity index is 1.58. The van der Waals surface area contributed by atoms with Gasteiger partial charge in [0.05, 0.1) is 10.6 Å². The summed E-state index contributed by atoms with van der Waals surface area (Å²) in [6, 6.07) is 27.8. The highest BCUT2D eigenvalue weighted by Crippen LogP contribution is 2.29. The van der Waals surface area contributed by atoms with Crippen LogP contribution in [0.3, 0.4) is 0 Å². The molecule has 1 aliphatic rings. The summed E-state index contributed by atoms with van der Waals surface area (Å²) < 4.78 is 43.5. The van der Waals surface area contributed by atoms with Crippen molar-refractivity contribution in [3.8, 4) is 0 Å². The van der Waals surface area contributed by atoms with Crippen molar-refractivity contribution in [2.45, 2.75) is 75.9 Å². The van der Waals surface area contributed by atoms with Gasteiger partial charge in [0, 0.05) is 19.0 Å². The van der Waals surface area contributed by atoms with Crippen molar-refractivity contribution >= 4 is 27.5 Å². The zero-order valence-electron chi connectivity index (χ0n) is 26.9. The molecule has 0 saturated heterocycles. The number of nitrogens with zero attached hydrogens (tertiary/aromatic N) is 2. The Kier molecular flexibility index (Phi) is 11.1. The Labute approximate surface area is 277 Å². The van der Waals surface area contributed by atoms with E-state index in [-0.39, 0.29) is 29.8 Å². The Bertz CT molecular complexity index is 1760. The van der Waals surface area contributed by atoms with Crippen molar-refractivity contribution in [3.05, 3.63) is 131 Å². The van der Waals surface area contributed by atoms with Gasteiger partial charge < -0.3 is 10.2 Å². The van der Waals surface area contributed by atoms with Crippen molar-refractivity contribution in [3.63, 3.8) is 0 Å². The lowest BCUT2D eigenvalue weighted by molar-refractivity contribution is -0.140. The monoisotopic (exact) mass is 655 g/mol. The third kappa shape index (κ3) is 8.65. The molecule has 47 heavy (non-hydrogen) atoms. The summed E-state index contributed by atoms with van der Waals surface area (Å²) >= 11 is 0. The Morgan fingerprint density at radius 3 is 2.13 bits per heavy atom. The van der Waals surface area contributed by atoms with Crippen molar-refractivity contribution in [2.75, 3.05) is 10.8 Å². The number of halogens is 1. The van der Waals surface area contributed by atoms with Crippen molar-refractivity contribution < 1.29 is 22.4 Å². The molecule has 1 N–H and O–H groups in total. The molecule has 1 fully saturated rings. The van der Waals surface area contributed by atoms with Gasteiger partial charge in [-0.3, -0.25) is 13.9 Å². The molecule has 0 heterocycles. The summed E-state index contributed by atoms with van der Waals surface area (Å²) in [6.07, 6.45) is 5.13. The van der Waals surface area contributed by atoms with E-state index in [1.807, 2.05) is 49.4 Å². The number of carbonyl (C=O) groups is 2. The predicted molar refractivity (Wildman–Crippen MR) is 183 cm³/mol. The zero-order chi connectivity index (χ0) is 33.4. The second-order valence-electron chi connectivity index (χ2n) is 12.3. The maximum absolute atomic E-state index is 14.7. The van der Waals surface area contributed by atoms with Crippen LogP contribution < -0.4 is 9.62 Å². The second-order valence-corrected chi connectivity index (χ2v) is 14.2. The number of carbonyl (C=O) groups excluding carboxylic acids is 2. The highest BCUT2D eigenvalue weighted by atomic mass is 32.2. The summed E-state index contributed by atoms with van der Waals surface area (Å²) in [4.78, 5) is 30.4. The van der Waals surface area contributed by atoms with Crippen LogP contribution in [0.15, 0.2) is 108 Å². The van der Waals surface area contributed by atoms with Crippen molar-refractivity contribution in [2.24, 2.45) is 0 Å². The summed E-state index contributed by atoms with van der Waals surface area (Å²) in [5.41, 5.74) is 3.38. The average Bonchev–Trinajstić information content (AvgIpc) is 3.08. The zero-order valence-corrected chi connectivity index (χ0v) is 27.8. The molecule has 0 aliphatic heterocycles. The number of amides is 2. The minimum absolute atomic E-state index is 0.00203. The molecule has 4 aromatic rings. The first-order chi connectivity index (χ1) is 22.6. The molecule has 5 rings (SSSR count). The second kappa shape index (κ2) is 15.4. The molecule has 7 nitrogen and oxygen atoms in total. The SMILES string of the molecule is Cc1ccc(C)c(N(CC(=O)N(Cc2ccc(F)cc2)[C@@H](Cc2ccccc2)C(=O)NC2CCCCC2)S(=O)(=O)c2ccccc2)c1. The topological polar surface area (TPSA) is 86.8 Å². The van der Waals surface area contributed by atoms with Gasteiger partial charge >= 0.3 is 0 Å². The fourth-order valence-electron chi connectivity index (χ4n) is 6.11. The minimum atomic E-state index is -4.19. The lowest BCUT2D eigenvalue weighted by Crippen LogP contribution is -2.55. The smallest absolute Gasteiger partial charge is 0.264 e. The molecule has 1 atom stereocenters. The van der Waals surface area contributed by atoms with E-state index in [0.29, 0.717) is 16.8 Å². The quantitative estimate of drug-likeness (QED) is 0.184. The Morgan fingerprint density at radius 2 is 1.47 bits per heavy atom. The summed E-state index contributed by atoms with van der Waals surface area (Å²) in [5, 5.41) is 3.20. The van der Waals surface area contributed by atoms with Crippen LogP contribution in [0.2, 0.25) is 0 Å².